The first-order valence-corrected chi connectivity index (χ1v) is 10.9. The van der Waals surface area contributed by atoms with Gasteiger partial charge in [0.1, 0.15) is 10.7 Å². The number of fused-ring (bicyclic) bond motifs is 1. The molecular weight excluding hydrogens is 440 g/mol. The molecule has 1 aliphatic carbocycles. The predicted octanol–water partition coefficient (Wildman–Crippen LogP) is 3.53. The van der Waals surface area contributed by atoms with Gasteiger partial charge in [-0.2, -0.15) is 0 Å². The Morgan fingerprint density at radius 2 is 1.55 bits per heavy atom. The Morgan fingerprint density at radius 3 is 2.19 bits per heavy atom. The van der Waals surface area contributed by atoms with Gasteiger partial charge in [0.05, 0.1) is 4.90 Å². The average Bonchev–Trinajstić information content (AvgIpc) is 2.75. The van der Waals surface area contributed by atoms with Gasteiger partial charge >= 0.3 is 0 Å². The topological polar surface area (TPSA) is 118 Å². The average molecular weight is 455 g/mol. The van der Waals surface area contributed by atoms with E-state index in [-0.39, 0.29) is 32.7 Å². The highest BCUT2D eigenvalue weighted by Gasteiger charge is 2.31. The number of hydrogen-bond acceptors (Lipinski definition) is 7. The number of nitrogens with one attached hydrogen (secondary N) is 2. The molecule has 0 fully saturated rings. The summed E-state index contributed by atoms with van der Waals surface area (Å²) in [5, 5.41) is 2.60. The van der Waals surface area contributed by atoms with Crippen LogP contribution in [0.1, 0.15) is 26.4 Å². The zero-order valence-corrected chi connectivity index (χ0v) is 17.7. The molecule has 3 aromatic rings. The number of sulfonamides is 1. The van der Waals surface area contributed by atoms with Crippen LogP contribution in [0.4, 0.5) is 11.6 Å². The number of halogens is 1. The number of allylic oxidation sites excluding steroid dienone is 2. The number of carbonyl (C=O) groups is 2. The van der Waals surface area contributed by atoms with E-state index in [1.807, 2.05) is 0 Å². The molecule has 1 heterocycles. The first kappa shape index (κ1) is 20.7. The van der Waals surface area contributed by atoms with Crippen molar-refractivity contribution in [1.82, 2.24) is 9.97 Å². The van der Waals surface area contributed by atoms with E-state index >= 15 is 0 Å². The number of aromatic nitrogens is 2. The highest BCUT2D eigenvalue weighted by Crippen LogP contribution is 2.29. The van der Waals surface area contributed by atoms with Crippen LogP contribution in [0.25, 0.3) is 0 Å². The smallest absolute Gasteiger partial charge is 0.264 e. The third-order valence-corrected chi connectivity index (χ3v) is 6.22. The Labute approximate surface area is 183 Å². The molecular formula is C21H15ClN4O4S. The van der Waals surface area contributed by atoms with Crippen molar-refractivity contribution in [3.05, 3.63) is 88.3 Å². The van der Waals surface area contributed by atoms with Gasteiger partial charge in [-0.15, -0.1) is 0 Å². The fourth-order valence-electron chi connectivity index (χ4n) is 3.00. The zero-order chi connectivity index (χ0) is 22.2. The van der Waals surface area contributed by atoms with E-state index in [1.165, 1.54) is 30.5 Å². The summed E-state index contributed by atoms with van der Waals surface area (Å²) in [6.07, 6.45) is 1.45. The second-order valence-electron chi connectivity index (χ2n) is 6.67. The van der Waals surface area contributed by atoms with Crippen LogP contribution in [0.3, 0.4) is 0 Å². The molecule has 0 bridgehead atoms. The summed E-state index contributed by atoms with van der Waals surface area (Å²) in [6.45, 7) is 1.72. The van der Waals surface area contributed by atoms with Crippen LogP contribution in [-0.4, -0.2) is 30.0 Å². The van der Waals surface area contributed by atoms with Crippen molar-refractivity contribution in [3.63, 3.8) is 0 Å². The van der Waals surface area contributed by atoms with Crippen molar-refractivity contribution >= 4 is 44.8 Å². The largest absolute Gasteiger partial charge is 0.351 e. The van der Waals surface area contributed by atoms with E-state index in [0.717, 1.165) is 0 Å². The van der Waals surface area contributed by atoms with E-state index in [9.17, 15) is 18.0 Å². The van der Waals surface area contributed by atoms with Gasteiger partial charge in [0, 0.05) is 28.7 Å². The SMILES string of the molecule is Cc1ccnc(NS(=O)(=O)c2ccc(NC3=C(Cl)C(=O)c4ccccc4C3=O)cc2)n1. The zero-order valence-electron chi connectivity index (χ0n) is 16.1. The first-order valence-electron chi connectivity index (χ1n) is 9.04. The fraction of sp³-hybridized carbons (Fsp3) is 0.0476. The summed E-state index contributed by atoms with van der Waals surface area (Å²) in [6, 6.07) is 13.7. The number of hydrogen-bond donors (Lipinski definition) is 2. The molecule has 0 atom stereocenters. The summed E-state index contributed by atoms with van der Waals surface area (Å²) in [4.78, 5) is 33.1. The van der Waals surface area contributed by atoms with Crippen molar-refractivity contribution in [2.45, 2.75) is 11.8 Å². The molecule has 156 valence electrons. The van der Waals surface area contributed by atoms with Crippen LogP contribution in [0, 0.1) is 6.92 Å². The number of rotatable bonds is 5. The Hall–Kier alpha value is -3.56. The standard InChI is InChI=1S/C21H15ClN4O4S/c1-12-10-11-23-21(24-12)26-31(29,30)14-8-6-13(7-9-14)25-18-17(22)19(27)15-4-2-3-5-16(15)20(18)28/h2-11,25H,1H3,(H,23,24,26). The molecule has 10 heteroatoms. The molecule has 0 saturated heterocycles. The summed E-state index contributed by atoms with van der Waals surface area (Å²) in [5.41, 5.74) is 1.44. The molecule has 0 amide bonds. The number of benzene rings is 2. The van der Waals surface area contributed by atoms with Gasteiger partial charge < -0.3 is 5.32 Å². The maximum Gasteiger partial charge on any atom is 0.264 e. The van der Waals surface area contributed by atoms with Crippen LogP contribution in [-0.2, 0) is 10.0 Å². The molecule has 0 saturated carbocycles. The molecule has 2 aromatic carbocycles. The van der Waals surface area contributed by atoms with Crippen molar-refractivity contribution in [1.29, 1.82) is 0 Å². The van der Waals surface area contributed by atoms with E-state index in [2.05, 4.69) is 20.0 Å². The summed E-state index contributed by atoms with van der Waals surface area (Å²) in [7, 11) is -3.91. The maximum atomic E-state index is 12.8. The fourth-order valence-corrected chi connectivity index (χ4v) is 4.18. The van der Waals surface area contributed by atoms with Gasteiger partial charge in [-0.25, -0.2) is 23.1 Å². The lowest BCUT2D eigenvalue weighted by molar-refractivity contribution is 0.0982. The highest BCUT2D eigenvalue weighted by molar-refractivity contribution is 7.92. The second kappa shape index (κ2) is 7.93. The molecule has 0 radical (unpaired) electrons. The number of anilines is 2. The number of nitrogens with zero attached hydrogens (tertiary/aromatic N) is 2. The molecule has 0 spiro atoms. The number of Topliss-reactive ketones (excluding diaryl/α,β-unsaturated/α-hetero) is 2. The molecule has 1 aliphatic rings. The van der Waals surface area contributed by atoms with Crippen molar-refractivity contribution in [3.8, 4) is 0 Å². The Morgan fingerprint density at radius 1 is 0.903 bits per heavy atom. The maximum absolute atomic E-state index is 12.8. The molecule has 4 rings (SSSR count). The van der Waals surface area contributed by atoms with Crippen LogP contribution < -0.4 is 10.0 Å². The van der Waals surface area contributed by atoms with Crippen LogP contribution in [0.5, 0.6) is 0 Å². The lowest BCUT2D eigenvalue weighted by Gasteiger charge is -2.19. The van der Waals surface area contributed by atoms with Crippen molar-refractivity contribution < 1.29 is 18.0 Å². The van der Waals surface area contributed by atoms with E-state index < -0.39 is 21.6 Å². The second-order valence-corrected chi connectivity index (χ2v) is 8.73. The summed E-state index contributed by atoms with van der Waals surface area (Å²) in [5.74, 6) is -0.916. The van der Waals surface area contributed by atoms with Crippen LogP contribution in [0.15, 0.2) is 76.4 Å². The minimum absolute atomic E-state index is 0.0281. The quantitative estimate of drug-likeness (QED) is 0.605. The summed E-state index contributed by atoms with van der Waals surface area (Å²) < 4.78 is 27.4. The van der Waals surface area contributed by atoms with Crippen LogP contribution in [0.2, 0.25) is 0 Å². The Balaban J connectivity index is 1.57. The number of carbonyl (C=O) groups excluding carboxylic acids is 2. The lowest BCUT2D eigenvalue weighted by Crippen LogP contribution is -2.24. The molecule has 0 aliphatic heterocycles. The third-order valence-electron chi connectivity index (χ3n) is 4.52. The number of ketones is 2. The Bertz CT molecular complexity index is 1350. The van der Waals surface area contributed by atoms with Gasteiger partial charge in [-0.05, 0) is 37.3 Å². The van der Waals surface area contributed by atoms with Gasteiger partial charge in [0.25, 0.3) is 10.0 Å². The molecule has 2 N–H and O–H groups in total. The van der Waals surface area contributed by atoms with E-state index in [4.69, 9.17) is 11.6 Å². The molecule has 0 unspecified atom stereocenters. The molecule has 1 aromatic heterocycles. The first-order chi connectivity index (χ1) is 14.8. The monoisotopic (exact) mass is 454 g/mol. The van der Waals surface area contributed by atoms with Crippen molar-refractivity contribution in [2.75, 3.05) is 10.0 Å². The van der Waals surface area contributed by atoms with Gasteiger partial charge in [0.15, 0.2) is 0 Å². The van der Waals surface area contributed by atoms with Gasteiger partial charge in [-0.3, -0.25) is 9.59 Å². The third kappa shape index (κ3) is 4.05. The van der Waals surface area contributed by atoms with Crippen molar-refractivity contribution in [2.24, 2.45) is 0 Å². The number of aryl methyl sites for hydroxylation is 1. The minimum atomic E-state index is -3.91. The van der Waals surface area contributed by atoms with Gasteiger partial charge in [0.2, 0.25) is 17.5 Å². The van der Waals surface area contributed by atoms with Crippen LogP contribution >= 0.6 is 11.6 Å². The Kier molecular flexibility index (Phi) is 5.30. The van der Waals surface area contributed by atoms with E-state index in [0.29, 0.717) is 11.4 Å². The highest BCUT2D eigenvalue weighted by atomic mass is 35.5. The molecule has 8 nitrogen and oxygen atoms in total. The summed E-state index contributed by atoms with van der Waals surface area (Å²) >= 11 is 6.14. The van der Waals surface area contributed by atoms with E-state index in [1.54, 1.807) is 37.3 Å². The normalized spacial score (nSPS) is 13.7. The van der Waals surface area contributed by atoms with Gasteiger partial charge in [-0.1, -0.05) is 35.9 Å². The predicted molar refractivity (Wildman–Crippen MR) is 116 cm³/mol. The molecule has 31 heavy (non-hydrogen) atoms. The lowest BCUT2D eigenvalue weighted by atomic mass is 9.92. The minimum Gasteiger partial charge on any atom is -0.351 e.